The Morgan fingerprint density at radius 1 is 1.14 bits per heavy atom. The average molecular weight is 313 g/mol. The Kier molecular flexibility index (Phi) is 3.13. The van der Waals surface area contributed by atoms with Gasteiger partial charge in [0.1, 0.15) is 11.6 Å². The fourth-order valence-corrected chi connectivity index (χ4v) is 2.92. The Bertz CT molecular complexity index is 858. The molecule has 1 aromatic heterocycles. The molecule has 3 aromatic rings. The van der Waals surface area contributed by atoms with Crippen LogP contribution < -0.4 is 0 Å². The summed E-state index contributed by atoms with van der Waals surface area (Å²) >= 11 is 6.21. The van der Waals surface area contributed by atoms with Gasteiger partial charge in [-0.25, -0.2) is 4.98 Å². The standard InChI is InChI=1S/C17H13ClN2O2/c18-16-14(2-1-3-15(16)21)17-19-6-7-20(17)13-5-4-11-9-22-10-12(11)8-13/h1-8,21H,9-10H2. The first-order valence-electron chi connectivity index (χ1n) is 6.95. The molecule has 1 aliphatic rings. The second-order valence-electron chi connectivity index (χ2n) is 5.21. The number of phenolic OH excluding ortho intramolecular Hbond substituents is 1. The molecule has 0 radical (unpaired) electrons. The van der Waals surface area contributed by atoms with E-state index in [1.165, 1.54) is 11.1 Å². The van der Waals surface area contributed by atoms with Crippen LogP contribution in [0.4, 0.5) is 0 Å². The number of benzene rings is 2. The number of hydrogen-bond acceptors (Lipinski definition) is 3. The molecule has 2 heterocycles. The number of imidazole rings is 1. The van der Waals surface area contributed by atoms with Crippen molar-refractivity contribution in [1.29, 1.82) is 0 Å². The molecule has 0 unspecified atom stereocenters. The first kappa shape index (κ1) is 13.4. The van der Waals surface area contributed by atoms with Gasteiger partial charge in [-0.1, -0.05) is 23.7 Å². The first-order valence-corrected chi connectivity index (χ1v) is 7.33. The summed E-state index contributed by atoms with van der Waals surface area (Å²) < 4.78 is 7.42. The van der Waals surface area contributed by atoms with Crippen molar-refractivity contribution in [2.75, 3.05) is 0 Å². The molecule has 4 nitrogen and oxygen atoms in total. The molecule has 5 heteroatoms. The topological polar surface area (TPSA) is 47.3 Å². The summed E-state index contributed by atoms with van der Waals surface area (Å²) in [4.78, 5) is 4.39. The van der Waals surface area contributed by atoms with Crippen LogP contribution in [0.15, 0.2) is 48.8 Å². The van der Waals surface area contributed by atoms with Gasteiger partial charge < -0.3 is 9.84 Å². The zero-order valence-corrected chi connectivity index (χ0v) is 12.4. The molecule has 0 saturated carbocycles. The van der Waals surface area contributed by atoms with Crippen molar-refractivity contribution in [3.8, 4) is 22.8 Å². The summed E-state index contributed by atoms with van der Waals surface area (Å²) in [6.45, 7) is 1.31. The molecule has 1 aliphatic heterocycles. The first-order chi connectivity index (χ1) is 10.7. The Balaban J connectivity index is 1.85. The van der Waals surface area contributed by atoms with Gasteiger partial charge in [-0.15, -0.1) is 0 Å². The fourth-order valence-electron chi connectivity index (χ4n) is 2.71. The molecule has 0 spiro atoms. The predicted molar refractivity (Wildman–Crippen MR) is 84.2 cm³/mol. The highest BCUT2D eigenvalue weighted by atomic mass is 35.5. The third-order valence-electron chi connectivity index (χ3n) is 3.84. The van der Waals surface area contributed by atoms with E-state index in [9.17, 15) is 5.11 Å². The van der Waals surface area contributed by atoms with Crippen molar-refractivity contribution in [2.24, 2.45) is 0 Å². The predicted octanol–water partition coefficient (Wildman–Crippen LogP) is 3.93. The van der Waals surface area contributed by atoms with Crippen LogP contribution >= 0.6 is 11.6 Å². The fraction of sp³-hybridized carbons (Fsp3) is 0.118. The SMILES string of the molecule is Oc1cccc(-c2nccn2-c2ccc3c(c2)COC3)c1Cl. The molecule has 4 rings (SSSR count). The summed E-state index contributed by atoms with van der Waals surface area (Å²) in [5.41, 5.74) is 4.11. The van der Waals surface area contributed by atoms with Crippen LogP contribution in [0.25, 0.3) is 17.1 Å². The second kappa shape index (κ2) is 5.16. The Morgan fingerprint density at radius 2 is 2.00 bits per heavy atom. The van der Waals surface area contributed by atoms with Crippen molar-refractivity contribution in [1.82, 2.24) is 9.55 Å². The van der Waals surface area contributed by atoms with Crippen LogP contribution in [-0.4, -0.2) is 14.7 Å². The van der Waals surface area contributed by atoms with E-state index in [4.69, 9.17) is 16.3 Å². The van der Waals surface area contributed by atoms with Crippen molar-refractivity contribution in [3.05, 3.63) is 64.9 Å². The van der Waals surface area contributed by atoms with Gasteiger partial charge in [0.25, 0.3) is 0 Å². The minimum atomic E-state index is 0.0519. The highest BCUT2D eigenvalue weighted by molar-refractivity contribution is 6.34. The van der Waals surface area contributed by atoms with E-state index in [1.54, 1.807) is 18.3 Å². The molecular formula is C17H13ClN2O2. The second-order valence-corrected chi connectivity index (χ2v) is 5.58. The average Bonchev–Trinajstić information content (AvgIpc) is 3.17. The summed E-state index contributed by atoms with van der Waals surface area (Å²) in [5, 5.41) is 10.1. The third kappa shape index (κ3) is 2.08. The highest BCUT2D eigenvalue weighted by Crippen LogP contribution is 2.35. The van der Waals surface area contributed by atoms with Crippen molar-refractivity contribution >= 4 is 11.6 Å². The van der Waals surface area contributed by atoms with Crippen LogP contribution in [0.2, 0.25) is 5.02 Å². The summed E-state index contributed by atoms with van der Waals surface area (Å²) in [7, 11) is 0. The Morgan fingerprint density at radius 3 is 2.91 bits per heavy atom. The monoisotopic (exact) mass is 312 g/mol. The molecular weight excluding hydrogens is 300 g/mol. The summed E-state index contributed by atoms with van der Waals surface area (Å²) in [6, 6.07) is 11.4. The largest absolute Gasteiger partial charge is 0.506 e. The Hall–Kier alpha value is -2.30. The van der Waals surface area contributed by atoms with Gasteiger partial charge in [-0.05, 0) is 35.4 Å². The number of rotatable bonds is 2. The van der Waals surface area contributed by atoms with E-state index in [-0.39, 0.29) is 5.75 Å². The van der Waals surface area contributed by atoms with E-state index in [0.29, 0.717) is 29.6 Å². The molecule has 1 N–H and O–H groups in total. The highest BCUT2D eigenvalue weighted by Gasteiger charge is 2.16. The van der Waals surface area contributed by atoms with E-state index in [1.807, 2.05) is 22.9 Å². The third-order valence-corrected chi connectivity index (χ3v) is 4.24. The zero-order valence-electron chi connectivity index (χ0n) is 11.7. The lowest BCUT2D eigenvalue weighted by atomic mass is 10.1. The molecule has 0 saturated heterocycles. The van der Waals surface area contributed by atoms with Crippen LogP contribution in [-0.2, 0) is 18.0 Å². The van der Waals surface area contributed by atoms with E-state index in [2.05, 4.69) is 17.1 Å². The lowest BCUT2D eigenvalue weighted by Gasteiger charge is -2.11. The van der Waals surface area contributed by atoms with Gasteiger partial charge in [0, 0.05) is 23.6 Å². The molecule has 0 atom stereocenters. The number of nitrogens with zero attached hydrogens (tertiary/aromatic N) is 2. The number of hydrogen-bond donors (Lipinski definition) is 1. The van der Waals surface area contributed by atoms with E-state index in [0.717, 1.165) is 5.69 Å². The van der Waals surface area contributed by atoms with Gasteiger partial charge in [0.15, 0.2) is 0 Å². The van der Waals surface area contributed by atoms with E-state index >= 15 is 0 Å². The number of fused-ring (bicyclic) bond motifs is 1. The quantitative estimate of drug-likeness (QED) is 0.780. The Labute approximate surface area is 132 Å². The molecule has 22 heavy (non-hydrogen) atoms. The van der Waals surface area contributed by atoms with Gasteiger partial charge in [0.2, 0.25) is 0 Å². The van der Waals surface area contributed by atoms with Crippen LogP contribution in [0, 0.1) is 0 Å². The zero-order chi connectivity index (χ0) is 15.1. The smallest absolute Gasteiger partial charge is 0.146 e. The van der Waals surface area contributed by atoms with Gasteiger partial charge in [-0.2, -0.15) is 0 Å². The van der Waals surface area contributed by atoms with Crippen molar-refractivity contribution < 1.29 is 9.84 Å². The normalized spacial score (nSPS) is 13.3. The molecule has 0 aliphatic carbocycles. The number of ether oxygens (including phenoxy) is 1. The molecule has 0 amide bonds. The van der Waals surface area contributed by atoms with Gasteiger partial charge >= 0.3 is 0 Å². The maximum atomic E-state index is 9.80. The number of phenols is 1. The number of aromatic nitrogens is 2. The maximum Gasteiger partial charge on any atom is 0.146 e. The molecule has 110 valence electrons. The van der Waals surface area contributed by atoms with E-state index < -0.39 is 0 Å². The minimum Gasteiger partial charge on any atom is -0.506 e. The van der Waals surface area contributed by atoms with Crippen LogP contribution in [0.1, 0.15) is 11.1 Å². The van der Waals surface area contributed by atoms with Crippen molar-refractivity contribution in [3.63, 3.8) is 0 Å². The lowest BCUT2D eigenvalue weighted by Crippen LogP contribution is -1.98. The molecule has 0 fully saturated rings. The summed E-state index contributed by atoms with van der Waals surface area (Å²) in [5.74, 6) is 0.746. The molecule has 2 aromatic carbocycles. The maximum absolute atomic E-state index is 9.80. The van der Waals surface area contributed by atoms with Crippen LogP contribution in [0.3, 0.4) is 0 Å². The molecule has 0 bridgehead atoms. The van der Waals surface area contributed by atoms with Gasteiger partial charge in [-0.3, -0.25) is 4.57 Å². The minimum absolute atomic E-state index is 0.0519. The number of halogens is 1. The van der Waals surface area contributed by atoms with Gasteiger partial charge in [0.05, 0.1) is 18.2 Å². The van der Waals surface area contributed by atoms with Crippen molar-refractivity contribution in [2.45, 2.75) is 13.2 Å². The summed E-state index contributed by atoms with van der Waals surface area (Å²) in [6.07, 6.45) is 3.60. The number of aromatic hydroxyl groups is 1. The van der Waals surface area contributed by atoms with Crippen LogP contribution in [0.5, 0.6) is 5.75 Å². The lowest BCUT2D eigenvalue weighted by molar-refractivity contribution is 0.134.